The van der Waals surface area contributed by atoms with E-state index in [9.17, 15) is 4.79 Å². The van der Waals surface area contributed by atoms with Crippen LogP contribution in [0, 0.1) is 12.8 Å². The quantitative estimate of drug-likeness (QED) is 0.912. The van der Waals surface area contributed by atoms with Crippen molar-refractivity contribution in [2.45, 2.75) is 39.7 Å². The third-order valence-electron chi connectivity index (χ3n) is 5.21. The SMILES string of the molecule is Cc1c(CN(C)CCC(=O)N2CCC[C@H](C)C2)[nH]c2ccccc12. The van der Waals surface area contributed by atoms with Crippen LogP contribution in [0.5, 0.6) is 0 Å². The molecule has 1 saturated heterocycles. The Balaban J connectivity index is 1.54. The molecule has 1 aromatic carbocycles. The Bertz CT molecular complexity index is 706. The molecule has 24 heavy (non-hydrogen) atoms. The van der Waals surface area contributed by atoms with Gasteiger partial charge in [0.15, 0.2) is 0 Å². The van der Waals surface area contributed by atoms with Crippen LogP contribution in [-0.4, -0.2) is 47.4 Å². The van der Waals surface area contributed by atoms with Crippen LogP contribution in [0.4, 0.5) is 0 Å². The minimum atomic E-state index is 0.307. The number of carbonyl (C=O) groups excluding carboxylic acids is 1. The maximum absolute atomic E-state index is 12.4. The summed E-state index contributed by atoms with van der Waals surface area (Å²) < 4.78 is 0. The Kier molecular flexibility index (Phi) is 5.24. The molecule has 4 heteroatoms. The molecule has 0 aliphatic carbocycles. The number of nitrogens with one attached hydrogen (secondary N) is 1. The number of nitrogens with zero attached hydrogens (tertiary/aromatic N) is 2. The minimum absolute atomic E-state index is 0.307. The second-order valence-electron chi connectivity index (χ2n) is 7.35. The molecule has 1 aliphatic heterocycles. The number of piperidine rings is 1. The molecule has 2 aromatic rings. The first-order valence-electron chi connectivity index (χ1n) is 9.07. The lowest BCUT2D eigenvalue weighted by Gasteiger charge is -2.31. The van der Waals surface area contributed by atoms with Crippen molar-refractivity contribution in [3.05, 3.63) is 35.5 Å². The molecule has 3 rings (SSSR count). The number of hydrogen-bond acceptors (Lipinski definition) is 2. The van der Waals surface area contributed by atoms with Gasteiger partial charge in [0.2, 0.25) is 5.91 Å². The number of benzene rings is 1. The van der Waals surface area contributed by atoms with Crippen LogP contribution < -0.4 is 0 Å². The highest BCUT2D eigenvalue weighted by Crippen LogP contribution is 2.22. The molecule has 4 nitrogen and oxygen atoms in total. The van der Waals surface area contributed by atoms with Gasteiger partial charge >= 0.3 is 0 Å². The van der Waals surface area contributed by atoms with E-state index in [0.717, 1.165) is 32.6 Å². The van der Waals surface area contributed by atoms with Crippen molar-refractivity contribution in [1.29, 1.82) is 0 Å². The van der Waals surface area contributed by atoms with Crippen LogP contribution >= 0.6 is 0 Å². The molecule has 130 valence electrons. The number of amides is 1. The van der Waals surface area contributed by atoms with Crippen molar-refractivity contribution < 1.29 is 4.79 Å². The predicted octanol–water partition coefficient (Wildman–Crippen LogP) is 3.56. The second kappa shape index (κ2) is 7.39. The number of aromatic nitrogens is 1. The molecule has 0 saturated carbocycles. The van der Waals surface area contributed by atoms with Crippen LogP contribution in [0.15, 0.2) is 24.3 Å². The Morgan fingerprint density at radius 3 is 2.92 bits per heavy atom. The van der Waals surface area contributed by atoms with Gasteiger partial charge in [0.1, 0.15) is 0 Å². The van der Waals surface area contributed by atoms with Crippen molar-refractivity contribution in [2.24, 2.45) is 5.92 Å². The monoisotopic (exact) mass is 327 g/mol. The number of para-hydroxylation sites is 1. The number of H-pyrrole nitrogens is 1. The smallest absolute Gasteiger partial charge is 0.223 e. The summed E-state index contributed by atoms with van der Waals surface area (Å²) in [6.45, 7) is 7.94. The summed E-state index contributed by atoms with van der Waals surface area (Å²) in [5.74, 6) is 0.955. The van der Waals surface area contributed by atoms with E-state index in [1.54, 1.807) is 0 Å². The van der Waals surface area contributed by atoms with Gasteiger partial charge in [0, 0.05) is 49.2 Å². The van der Waals surface area contributed by atoms with Gasteiger partial charge in [-0.3, -0.25) is 4.79 Å². The van der Waals surface area contributed by atoms with Gasteiger partial charge in [-0.15, -0.1) is 0 Å². The molecule has 0 spiro atoms. The van der Waals surface area contributed by atoms with E-state index in [2.05, 4.69) is 59.9 Å². The van der Waals surface area contributed by atoms with Gasteiger partial charge in [0.05, 0.1) is 0 Å². The highest BCUT2D eigenvalue weighted by atomic mass is 16.2. The Hall–Kier alpha value is -1.81. The zero-order chi connectivity index (χ0) is 17.1. The zero-order valence-corrected chi connectivity index (χ0v) is 15.1. The third kappa shape index (κ3) is 3.81. The zero-order valence-electron chi connectivity index (χ0n) is 15.1. The van der Waals surface area contributed by atoms with E-state index >= 15 is 0 Å². The van der Waals surface area contributed by atoms with Crippen molar-refractivity contribution in [3.63, 3.8) is 0 Å². The molecule has 1 aromatic heterocycles. The standard InChI is InChI=1S/C20H29N3O/c1-15-7-6-11-23(13-15)20(24)10-12-22(3)14-19-16(2)17-8-4-5-9-18(17)21-19/h4-5,8-9,15,21H,6-7,10-14H2,1-3H3/t15-/m0/s1. The highest BCUT2D eigenvalue weighted by Gasteiger charge is 2.21. The fourth-order valence-corrected chi connectivity index (χ4v) is 3.71. The van der Waals surface area contributed by atoms with Gasteiger partial charge < -0.3 is 14.8 Å². The lowest BCUT2D eigenvalue weighted by atomic mass is 10.00. The first-order valence-corrected chi connectivity index (χ1v) is 9.07. The van der Waals surface area contributed by atoms with E-state index in [4.69, 9.17) is 0 Å². The van der Waals surface area contributed by atoms with E-state index in [1.807, 2.05) is 0 Å². The summed E-state index contributed by atoms with van der Waals surface area (Å²) in [7, 11) is 2.09. The number of rotatable bonds is 5. The molecule has 0 radical (unpaired) electrons. The van der Waals surface area contributed by atoms with Gasteiger partial charge in [-0.1, -0.05) is 25.1 Å². The molecule has 0 unspecified atom stereocenters. The largest absolute Gasteiger partial charge is 0.357 e. The highest BCUT2D eigenvalue weighted by molar-refractivity contribution is 5.84. The number of aromatic amines is 1. The average Bonchev–Trinajstić information content (AvgIpc) is 2.89. The van der Waals surface area contributed by atoms with Gasteiger partial charge in [-0.05, 0) is 44.4 Å². The number of aryl methyl sites for hydroxylation is 1. The molecule has 1 aliphatic rings. The summed E-state index contributed by atoms with van der Waals surface area (Å²) >= 11 is 0. The molecule has 1 amide bonds. The van der Waals surface area contributed by atoms with Crippen molar-refractivity contribution in [2.75, 3.05) is 26.7 Å². The number of fused-ring (bicyclic) bond motifs is 1. The summed E-state index contributed by atoms with van der Waals surface area (Å²) in [5, 5.41) is 1.29. The Morgan fingerprint density at radius 1 is 1.38 bits per heavy atom. The van der Waals surface area contributed by atoms with E-state index in [0.29, 0.717) is 18.2 Å². The second-order valence-corrected chi connectivity index (χ2v) is 7.35. The normalized spacial score (nSPS) is 18.5. The Labute approximate surface area is 144 Å². The molecule has 2 heterocycles. The van der Waals surface area contributed by atoms with Gasteiger partial charge in [-0.25, -0.2) is 0 Å². The Morgan fingerprint density at radius 2 is 2.17 bits per heavy atom. The number of hydrogen-bond donors (Lipinski definition) is 1. The molecule has 1 N–H and O–H groups in total. The van der Waals surface area contributed by atoms with Crippen LogP contribution in [0.25, 0.3) is 10.9 Å². The predicted molar refractivity (Wildman–Crippen MR) is 99.0 cm³/mol. The lowest BCUT2D eigenvalue weighted by Crippen LogP contribution is -2.40. The maximum atomic E-state index is 12.4. The first kappa shape index (κ1) is 17.0. The van der Waals surface area contributed by atoms with Crippen LogP contribution in [0.2, 0.25) is 0 Å². The van der Waals surface area contributed by atoms with E-state index < -0.39 is 0 Å². The number of likely N-dealkylation sites (tertiary alicyclic amines) is 1. The van der Waals surface area contributed by atoms with Gasteiger partial charge in [0.25, 0.3) is 0 Å². The maximum Gasteiger partial charge on any atom is 0.223 e. The van der Waals surface area contributed by atoms with Crippen molar-refractivity contribution in [1.82, 2.24) is 14.8 Å². The molecule has 1 fully saturated rings. The van der Waals surface area contributed by atoms with E-state index in [1.165, 1.54) is 28.6 Å². The topological polar surface area (TPSA) is 39.3 Å². The summed E-state index contributed by atoms with van der Waals surface area (Å²) in [5.41, 5.74) is 3.75. The number of carbonyl (C=O) groups is 1. The van der Waals surface area contributed by atoms with Crippen LogP contribution in [0.1, 0.15) is 37.4 Å². The summed E-state index contributed by atoms with van der Waals surface area (Å²) in [6.07, 6.45) is 3.02. The van der Waals surface area contributed by atoms with Crippen LogP contribution in [0.3, 0.4) is 0 Å². The third-order valence-corrected chi connectivity index (χ3v) is 5.21. The minimum Gasteiger partial charge on any atom is -0.357 e. The lowest BCUT2D eigenvalue weighted by molar-refractivity contribution is -0.133. The summed E-state index contributed by atoms with van der Waals surface area (Å²) in [4.78, 5) is 20.2. The van der Waals surface area contributed by atoms with Gasteiger partial charge in [-0.2, -0.15) is 0 Å². The molecular weight excluding hydrogens is 298 g/mol. The molecule has 0 bridgehead atoms. The average molecular weight is 327 g/mol. The van der Waals surface area contributed by atoms with Crippen molar-refractivity contribution in [3.8, 4) is 0 Å². The first-order chi connectivity index (χ1) is 11.5. The molecule has 1 atom stereocenters. The summed E-state index contributed by atoms with van der Waals surface area (Å²) in [6, 6.07) is 8.41. The van der Waals surface area contributed by atoms with Crippen molar-refractivity contribution >= 4 is 16.8 Å². The van der Waals surface area contributed by atoms with Crippen LogP contribution in [-0.2, 0) is 11.3 Å². The fraction of sp³-hybridized carbons (Fsp3) is 0.550. The van der Waals surface area contributed by atoms with E-state index in [-0.39, 0.29) is 0 Å². The molecular formula is C20H29N3O. The fourth-order valence-electron chi connectivity index (χ4n) is 3.71.